The van der Waals surface area contributed by atoms with Crippen LogP contribution < -0.4 is 10.5 Å². The Morgan fingerprint density at radius 3 is 2.40 bits per heavy atom. The van der Waals surface area contributed by atoms with Gasteiger partial charge in [0.15, 0.2) is 0 Å². The maximum atomic E-state index is 13.5. The number of carbonyl (C=O) groups is 2. The number of benzene rings is 3. The fraction of sp³-hybridized carbons (Fsp3) is 0.240. The minimum absolute atomic E-state index is 0.0669. The molecule has 4 rings (SSSR count). The molecular formula is C25H27N5O4S. The second kappa shape index (κ2) is 10.2. The molecule has 10 heteroatoms. The van der Waals surface area contributed by atoms with Gasteiger partial charge in [0.25, 0.3) is 0 Å². The molecule has 0 spiro atoms. The average Bonchev–Trinajstić information content (AvgIpc) is 2.87. The van der Waals surface area contributed by atoms with Crippen molar-refractivity contribution in [1.29, 1.82) is 5.41 Å². The number of rotatable bonds is 8. The third kappa shape index (κ3) is 5.67. The Labute approximate surface area is 204 Å². The highest BCUT2D eigenvalue weighted by Gasteiger charge is 2.31. The highest BCUT2D eigenvalue weighted by molar-refractivity contribution is 7.89. The Hall–Kier alpha value is -3.76. The lowest BCUT2D eigenvalue weighted by atomic mass is 10.0. The molecule has 4 N–H and O–H groups in total. The number of nitrogens with two attached hydrogens (primary N) is 1. The fourth-order valence-electron chi connectivity index (χ4n) is 4.14. The molecule has 35 heavy (non-hydrogen) atoms. The monoisotopic (exact) mass is 493 g/mol. The first kappa shape index (κ1) is 24.4. The fourth-order valence-corrected chi connectivity index (χ4v) is 5.36. The van der Waals surface area contributed by atoms with Crippen LogP contribution in [0.15, 0.2) is 71.6 Å². The average molecular weight is 494 g/mol. The summed E-state index contributed by atoms with van der Waals surface area (Å²) in [6, 6.07) is 18.0. The van der Waals surface area contributed by atoms with Crippen LogP contribution in [0.25, 0.3) is 10.8 Å². The number of nitrogens with one attached hydrogen (secondary N) is 2. The highest BCUT2D eigenvalue weighted by Crippen LogP contribution is 2.20. The number of amides is 2. The van der Waals surface area contributed by atoms with Gasteiger partial charge < -0.3 is 15.5 Å². The molecular weight excluding hydrogens is 466 g/mol. The van der Waals surface area contributed by atoms with E-state index >= 15 is 0 Å². The van der Waals surface area contributed by atoms with Crippen molar-refractivity contribution in [2.75, 3.05) is 26.2 Å². The van der Waals surface area contributed by atoms with Crippen LogP contribution in [-0.4, -0.2) is 68.6 Å². The predicted molar refractivity (Wildman–Crippen MR) is 133 cm³/mol. The first-order chi connectivity index (χ1) is 16.8. The second-order valence-electron chi connectivity index (χ2n) is 8.47. The van der Waals surface area contributed by atoms with Gasteiger partial charge in [0, 0.05) is 31.7 Å². The lowest BCUT2D eigenvalue weighted by molar-refractivity contribution is -0.136. The molecule has 1 fully saturated rings. The predicted octanol–water partition coefficient (Wildman–Crippen LogP) is 1.31. The molecule has 2 amide bonds. The number of carbonyl (C=O) groups excluding carboxylic acids is 2. The summed E-state index contributed by atoms with van der Waals surface area (Å²) in [5, 5.41) is 9.36. The summed E-state index contributed by atoms with van der Waals surface area (Å²) in [6.45, 7) is 1.41. The summed E-state index contributed by atoms with van der Waals surface area (Å²) in [6.07, 6.45) is 0.829. The standard InChI is InChI=1S/C25H27N5O4S/c26-24(27)21-7-3-4-18(14-21)15-23(25(32)30-12-10-29(17-31)11-13-30)28-35(33,34)22-9-8-19-5-1-2-6-20(19)16-22/h1-9,14,16-17,23,28H,10-13,15H2,(H3,26,27)/t23-/m0/s1. The normalized spacial score (nSPS) is 15.1. The lowest BCUT2D eigenvalue weighted by Crippen LogP contribution is -2.55. The molecule has 1 saturated heterocycles. The molecule has 1 aliphatic rings. The van der Waals surface area contributed by atoms with E-state index in [2.05, 4.69) is 4.72 Å². The van der Waals surface area contributed by atoms with Crippen molar-refractivity contribution in [1.82, 2.24) is 14.5 Å². The Morgan fingerprint density at radius 1 is 1.00 bits per heavy atom. The Bertz CT molecular complexity index is 1370. The SMILES string of the molecule is N=C(N)c1cccc(C[C@H](NS(=O)(=O)c2ccc3ccccc3c2)C(=O)N2CCN(C=O)CC2)c1. The maximum absolute atomic E-state index is 13.5. The van der Waals surface area contributed by atoms with Crippen molar-refractivity contribution in [2.45, 2.75) is 17.4 Å². The molecule has 182 valence electrons. The Kier molecular flexibility index (Phi) is 7.13. The van der Waals surface area contributed by atoms with E-state index in [4.69, 9.17) is 11.1 Å². The third-order valence-corrected chi connectivity index (χ3v) is 7.55. The van der Waals surface area contributed by atoms with Crippen LogP contribution in [0.1, 0.15) is 11.1 Å². The van der Waals surface area contributed by atoms with Crippen LogP contribution in [0.3, 0.4) is 0 Å². The van der Waals surface area contributed by atoms with Crippen molar-refractivity contribution in [3.05, 3.63) is 77.9 Å². The number of amidine groups is 1. The smallest absolute Gasteiger partial charge is 0.241 e. The molecule has 0 saturated carbocycles. The van der Waals surface area contributed by atoms with Crippen LogP contribution in [0.4, 0.5) is 0 Å². The molecule has 3 aromatic rings. The topological polar surface area (TPSA) is 137 Å². The van der Waals surface area contributed by atoms with Crippen molar-refractivity contribution in [3.8, 4) is 0 Å². The van der Waals surface area contributed by atoms with Gasteiger partial charge in [-0.2, -0.15) is 4.72 Å². The highest BCUT2D eigenvalue weighted by atomic mass is 32.2. The van der Waals surface area contributed by atoms with E-state index < -0.39 is 16.1 Å². The Balaban J connectivity index is 1.63. The zero-order valence-corrected chi connectivity index (χ0v) is 19.9. The minimum atomic E-state index is -4.03. The van der Waals surface area contributed by atoms with Crippen molar-refractivity contribution >= 4 is 38.9 Å². The van der Waals surface area contributed by atoms with E-state index in [0.29, 0.717) is 37.3 Å². The van der Waals surface area contributed by atoms with Gasteiger partial charge >= 0.3 is 0 Å². The van der Waals surface area contributed by atoms with Crippen LogP contribution in [0, 0.1) is 5.41 Å². The van der Waals surface area contributed by atoms with Crippen LogP contribution in [0.2, 0.25) is 0 Å². The van der Waals surface area contributed by atoms with E-state index in [1.54, 1.807) is 46.2 Å². The van der Waals surface area contributed by atoms with Crippen LogP contribution in [0.5, 0.6) is 0 Å². The van der Waals surface area contributed by atoms with Crippen LogP contribution >= 0.6 is 0 Å². The number of hydrogen-bond acceptors (Lipinski definition) is 5. The van der Waals surface area contributed by atoms with Gasteiger partial charge in [-0.15, -0.1) is 0 Å². The maximum Gasteiger partial charge on any atom is 0.241 e. The van der Waals surface area contributed by atoms with E-state index in [9.17, 15) is 18.0 Å². The molecule has 0 aromatic heterocycles. The van der Waals surface area contributed by atoms with E-state index in [0.717, 1.165) is 17.2 Å². The summed E-state index contributed by atoms with van der Waals surface area (Å²) in [5.41, 5.74) is 6.76. The van der Waals surface area contributed by atoms with Crippen molar-refractivity contribution in [3.63, 3.8) is 0 Å². The van der Waals surface area contributed by atoms with Gasteiger partial charge in [-0.25, -0.2) is 8.42 Å². The molecule has 0 unspecified atom stereocenters. The second-order valence-corrected chi connectivity index (χ2v) is 10.2. The molecule has 3 aromatic carbocycles. The quantitative estimate of drug-likeness (QED) is 0.247. The molecule has 0 bridgehead atoms. The van der Waals surface area contributed by atoms with E-state index in [1.165, 1.54) is 6.07 Å². The summed E-state index contributed by atoms with van der Waals surface area (Å²) >= 11 is 0. The third-order valence-electron chi connectivity index (χ3n) is 6.08. The summed E-state index contributed by atoms with van der Waals surface area (Å²) < 4.78 is 29.3. The number of piperazine rings is 1. The van der Waals surface area contributed by atoms with Gasteiger partial charge in [-0.3, -0.25) is 15.0 Å². The van der Waals surface area contributed by atoms with Gasteiger partial charge in [0.05, 0.1) is 4.90 Å². The van der Waals surface area contributed by atoms with Crippen molar-refractivity contribution < 1.29 is 18.0 Å². The van der Waals surface area contributed by atoms with E-state index in [1.807, 2.05) is 24.3 Å². The van der Waals surface area contributed by atoms with Crippen LogP contribution in [-0.2, 0) is 26.0 Å². The molecule has 1 aliphatic heterocycles. The first-order valence-electron chi connectivity index (χ1n) is 11.2. The van der Waals surface area contributed by atoms with E-state index in [-0.39, 0.29) is 23.1 Å². The number of nitrogens with zero attached hydrogens (tertiary/aromatic N) is 2. The number of nitrogen functional groups attached to an aromatic ring is 1. The zero-order valence-electron chi connectivity index (χ0n) is 19.1. The minimum Gasteiger partial charge on any atom is -0.384 e. The van der Waals surface area contributed by atoms with Crippen molar-refractivity contribution in [2.24, 2.45) is 5.73 Å². The molecule has 0 aliphatic carbocycles. The lowest BCUT2D eigenvalue weighted by Gasteiger charge is -2.34. The molecule has 0 radical (unpaired) electrons. The summed E-state index contributed by atoms with van der Waals surface area (Å²) in [4.78, 5) is 27.7. The van der Waals surface area contributed by atoms with Gasteiger partial charge in [-0.05, 0) is 41.0 Å². The van der Waals surface area contributed by atoms with Gasteiger partial charge in [0.1, 0.15) is 11.9 Å². The molecule has 1 heterocycles. The largest absolute Gasteiger partial charge is 0.384 e. The molecule has 9 nitrogen and oxygen atoms in total. The summed E-state index contributed by atoms with van der Waals surface area (Å²) in [5.74, 6) is -0.482. The first-order valence-corrected chi connectivity index (χ1v) is 12.7. The number of hydrogen-bond donors (Lipinski definition) is 3. The van der Waals surface area contributed by atoms with Gasteiger partial charge in [-0.1, -0.05) is 48.5 Å². The van der Waals surface area contributed by atoms with Gasteiger partial charge in [0.2, 0.25) is 22.3 Å². The number of fused-ring (bicyclic) bond motifs is 1. The molecule has 1 atom stereocenters. The Morgan fingerprint density at radius 2 is 1.71 bits per heavy atom. The number of sulfonamides is 1. The zero-order chi connectivity index (χ0) is 25.0. The summed E-state index contributed by atoms with van der Waals surface area (Å²) in [7, 11) is -4.03.